The van der Waals surface area contributed by atoms with E-state index in [0.717, 1.165) is 0 Å². The van der Waals surface area contributed by atoms with E-state index in [9.17, 15) is 19.5 Å². The van der Waals surface area contributed by atoms with Gasteiger partial charge in [-0.15, -0.1) is 0 Å². The SMILES string of the molecule is COC(=O)c1ccc(C2/C(=C(\O)c3c(C)nn(C)c3C)C(=O)C(=O)N2CCN(C)C)cc1. The molecule has 1 aliphatic heterocycles. The molecule has 0 aliphatic carbocycles. The summed E-state index contributed by atoms with van der Waals surface area (Å²) < 4.78 is 6.36. The summed E-state index contributed by atoms with van der Waals surface area (Å²) in [5, 5.41) is 15.6. The number of methoxy groups -OCH3 is 1. The molecule has 170 valence electrons. The van der Waals surface area contributed by atoms with Crippen molar-refractivity contribution in [3.8, 4) is 0 Å². The van der Waals surface area contributed by atoms with E-state index in [1.165, 1.54) is 12.0 Å². The van der Waals surface area contributed by atoms with Crippen molar-refractivity contribution in [2.75, 3.05) is 34.3 Å². The van der Waals surface area contributed by atoms with Crippen molar-refractivity contribution in [1.82, 2.24) is 19.6 Å². The largest absolute Gasteiger partial charge is 0.507 e. The van der Waals surface area contributed by atoms with Crippen molar-refractivity contribution < 1.29 is 24.2 Å². The Labute approximate surface area is 186 Å². The summed E-state index contributed by atoms with van der Waals surface area (Å²) in [6.45, 7) is 4.36. The minimum absolute atomic E-state index is 0.0128. The van der Waals surface area contributed by atoms with Gasteiger partial charge in [-0.05, 0) is 45.6 Å². The van der Waals surface area contributed by atoms with E-state index in [1.807, 2.05) is 19.0 Å². The second-order valence-corrected chi connectivity index (χ2v) is 8.08. The molecule has 32 heavy (non-hydrogen) atoms. The van der Waals surface area contributed by atoms with Crippen LogP contribution in [0.3, 0.4) is 0 Å². The number of rotatable bonds is 6. The van der Waals surface area contributed by atoms with E-state index in [-0.39, 0.29) is 11.3 Å². The number of likely N-dealkylation sites (tertiary alicyclic amines) is 1. The van der Waals surface area contributed by atoms with Crippen molar-refractivity contribution in [2.24, 2.45) is 7.05 Å². The summed E-state index contributed by atoms with van der Waals surface area (Å²) in [6.07, 6.45) is 0. The van der Waals surface area contributed by atoms with E-state index in [2.05, 4.69) is 5.10 Å². The highest BCUT2D eigenvalue weighted by Crippen LogP contribution is 2.40. The maximum absolute atomic E-state index is 13.1. The number of carbonyl (C=O) groups is 3. The molecule has 0 bridgehead atoms. The molecule has 2 aromatic rings. The Morgan fingerprint density at radius 3 is 2.31 bits per heavy atom. The first-order valence-corrected chi connectivity index (χ1v) is 10.2. The maximum Gasteiger partial charge on any atom is 0.337 e. The molecule has 9 heteroatoms. The fourth-order valence-electron chi connectivity index (χ4n) is 3.94. The smallest absolute Gasteiger partial charge is 0.337 e. The fourth-order valence-corrected chi connectivity index (χ4v) is 3.94. The van der Waals surface area contributed by atoms with Crippen LogP contribution >= 0.6 is 0 Å². The lowest BCUT2D eigenvalue weighted by Crippen LogP contribution is -2.35. The molecular weight excluding hydrogens is 412 g/mol. The lowest BCUT2D eigenvalue weighted by molar-refractivity contribution is -0.140. The van der Waals surface area contributed by atoms with Crippen LogP contribution < -0.4 is 0 Å². The van der Waals surface area contributed by atoms with Crippen molar-refractivity contribution in [3.63, 3.8) is 0 Å². The van der Waals surface area contributed by atoms with Gasteiger partial charge in [0.1, 0.15) is 5.76 Å². The zero-order valence-corrected chi connectivity index (χ0v) is 19.2. The van der Waals surface area contributed by atoms with Crippen molar-refractivity contribution in [2.45, 2.75) is 19.9 Å². The number of ketones is 1. The van der Waals surface area contributed by atoms with Gasteiger partial charge in [0.2, 0.25) is 0 Å². The van der Waals surface area contributed by atoms with Crippen molar-refractivity contribution >= 4 is 23.4 Å². The van der Waals surface area contributed by atoms with Crippen LogP contribution in [0.25, 0.3) is 5.76 Å². The monoisotopic (exact) mass is 440 g/mol. The zero-order valence-electron chi connectivity index (χ0n) is 19.2. The Kier molecular flexibility index (Phi) is 6.50. The van der Waals surface area contributed by atoms with Crippen LogP contribution in [0.1, 0.15) is 38.9 Å². The summed E-state index contributed by atoms with van der Waals surface area (Å²) in [5.41, 5.74) is 2.64. The minimum atomic E-state index is -0.791. The first-order valence-electron chi connectivity index (χ1n) is 10.2. The number of aromatic nitrogens is 2. The summed E-state index contributed by atoms with van der Waals surface area (Å²) in [4.78, 5) is 41.2. The lowest BCUT2D eigenvalue weighted by atomic mass is 9.94. The molecule has 1 unspecified atom stereocenters. The third-order valence-corrected chi connectivity index (χ3v) is 5.72. The highest BCUT2D eigenvalue weighted by molar-refractivity contribution is 6.46. The Hall–Kier alpha value is -3.46. The first-order chi connectivity index (χ1) is 15.1. The van der Waals surface area contributed by atoms with Crippen LogP contribution in [0.4, 0.5) is 0 Å². The first kappa shape index (κ1) is 23.2. The molecule has 1 N–H and O–H groups in total. The van der Waals surface area contributed by atoms with Gasteiger partial charge in [-0.1, -0.05) is 12.1 Å². The molecule has 0 radical (unpaired) electrons. The maximum atomic E-state index is 13.1. The second-order valence-electron chi connectivity index (χ2n) is 8.08. The number of aryl methyl sites for hydroxylation is 2. The molecule has 1 aliphatic rings. The summed E-state index contributed by atoms with van der Waals surface area (Å²) in [6, 6.07) is 5.70. The molecule has 0 spiro atoms. The number of hydrogen-bond donors (Lipinski definition) is 1. The van der Waals surface area contributed by atoms with Gasteiger partial charge in [-0.2, -0.15) is 5.10 Å². The van der Waals surface area contributed by atoms with Gasteiger partial charge in [0.05, 0.1) is 35.5 Å². The summed E-state index contributed by atoms with van der Waals surface area (Å²) in [5.74, 6) is -2.15. The minimum Gasteiger partial charge on any atom is -0.507 e. The molecule has 1 atom stereocenters. The average Bonchev–Trinajstić information content (AvgIpc) is 3.16. The van der Waals surface area contributed by atoms with Crippen LogP contribution in [0, 0.1) is 13.8 Å². The van der Waals surface area contributed by atoms with Crippen LogP contribution in [-0.2, 0) is 21.4 Å². The molecule has 1 aromatic carbocycles. The number of aliphatic hydroxyl groups excluding tert-OH is 1. The van der Waals surface area contributed by atoms with E-state index < -0.39 is 23.7 Å². The number of Topliss-reactive ketones (excluding diaryl/α,β-unsaturated/α-hetero) is 1. The number of hydrogen-bond acceptors (Lipinski definition) is 7. The van der Waals surface area contributed by atoms with E-state index in [1.54, 1.807) is 49.8 Å². The van der Waals surface area contributed by atoms with Gasteiger partial charge >= 0.3 is 5.97 Å². The molecular formula is C23H28N4O5. The van der Waals surface area contributed by atoms with Gasteiger partial charge < -0.3 is 19.6 Å². The molecule has 9 nitrogen and oxygen atoms in total. The normalized spacial score (nSPS) is 18.0. The van der Waals surface area contributed by atoms with Gasteiger partial charge in [0.25, 0.3) is 11.7 Å². The average molecular weight is 441 g/mol. The molecule has 0 saturated carbocycles. The summed E-state index contributed by atoms with van der Waals surface area (Å²) in [7, 11) is 6.79. The predicted molar refractivity (Wildman–Crippen MR) is 118 cm³/mol. The Balaban J connectivity index is 2.18. The Bertz CT molecular complexity index is 1100. The van der Waals surface area contributed by atoms with Gasteiger partial charge in [0, 0.05) is 25.8 Å². The van der Waals surface area contributed by atoms with Crippen LogP contribution in [0.5, 0.6) is 0 Å². The second kappa shape index (κ2) is 8.96. The van der Waals surface area contributed by atoms with Crippen molar-refractivity contribution in [1.29, 1.82) is 0 Å². The molecule has 1 saturated heterocycles. The number of benzene rings is 1. The topological polar surface area (TPSA) is 105 Å². The molecule has 3 rings (SSSR count). The third-order valence-electron chi connectivity index (χ3n) is 5.72. The molecule has 2 heterocycles. The molecule has 1 amide bonds. The highest BCUT2D eigenvalue weighted by atomic mass is 16.5. The zero-order chi connectivity index (χ0) is 23.7. The van der Waals surface area contributed by atoms with E-state index >= 15 is 0 Å². The van der Waals surface area contributed by atoms with E-state index in [4.69, 9.17) is 4.74 Å². The number of ether oxygens (including phenoxy) is 1. The molecule has 1 fully saturated rings. The predicted octanol–water partition coefficient (Wildman–Crippen LogP) is 1.81. The van der Waals surface area contributed by atoms with Gasteiger partial charge in [-0.3, -0.25) is 14.3 Å². The van der Waals surface area contributed by atoms with E-state index in [0.29, 0.717) is 41.2 Å². The van der Waals surface area contributed by atoms with Gasteiger partial charge in [-0.25, -0.2) is 4.79 Å². The van der Waals surface area contributed by atoms with Crippen molar-refractivity contribution in [3.05, 3.63) is 57.9 Å². The standard InChI is InChI=1S/C23H28N4O5/c1-13-17(14(2)26(5)24-13)20(28)18-19(15-7-9-16(10-8-15)23(31)32-6)27(12-11-25(3)4)22(30)21(18)29/h7-10,19,28H,11-12H2,1-6H3/b20-18+. The quantitative estimate of drug-likeness (QED) is 0.316. The number of esters is 1. The number of amides is 1. The van der Waals surface area contributed by atoms with Crippen LogP contribution in [0.2, 0.25) is 0 Å². The number of likely N-dealkylation sites (N-methyl/N-ethyl adjacent to an activating group) is 1. The summed E-state index contributed by atoms with van der Waals surface area (Å²) >= 11 is 0. The fraction of sp³-hybridized carbons (Fsp3) is 0.391. The number of aliphatic hydroxyl groups is 1. The molecule has 1 aromatic heterocycles. The number of nitrogens with zero attached hydrogens (tertiary/aromatic N) is 4. The Morgan fingerprint density at radius 1 is 1.19 bits per heavy atom. The highest BCUT2D eigenvalue weighted by Gasteiger charge is 2.46. The number of carbonyl (C=O) groups excluding carboxylic acids is 3. The third kappa shape index (κ3) is 4.03. The van der Waals surface area contributed by atoms with Gasteiger partial charge in [0.15, 0.2) is 0 Å². The lowest BCUT2D eigenvalue weighted by Gasteiger charge is -2.26. The van der Waals surface area contributed by atoms with Crippen LogP contribution in [0.15, 0.2) is 29.8 Å². The van der Waals surface area contributed by atoms with Crippen LogP contribution in [-0.4, -0.2) is 76.6 Å². The Morgan fingerprint density at radius 2 is 1.81 bits per heavy atom.